The van der Waals surface area contributed by atoms with Crippen LogP contribution in [0.2, 0.25) is 0 Å². The van der Waals surface area contributed by atoms with E-state index in [4.69, 9.17) is 0 Å². The van der Waals surface area contributed by atoms with Crippen molar-refractivity contribution < 1.29 is 14.7 Å². The normalized spacial score (nSPS) is 19.8. The number of likely N-dealkylation sites (tertiary alicyclic amines) is 1. The molecule has 1 saturated heterocycles. The molecule has 7 nitrogen and oxygen atoms in total. The quantitative estimate of drug-likeness (QED) is 0.855. The van der Waals surface area contributed by atoms with Gasteiger partial charge in [-0.1, -0.05) is 18.2 Å². The second kappa shape index (κ2) is 8.05. The minimum absolute atomic E-state index is 0.0356. The van der Waals surface area contributed by atoms with Crippen molar-refractivity contribution >= 4 is 11.8 Å². The van der Waals surface area contributed by atoms with Crippen LogP contribution in [0.5, 0.6) is 0 Å². The Balaban J connectivity index is 1.71. The molecule has 1 aliphatic heterocycles. The molecule has 136 valence electrons. The van der Waals surface area contributed by atoms with Gasteiger partial charge in [0.15, 0.2) is 0 Å². The molecule has 7 heteroatoms. The first-order chi connectivity index (χ1) is 12.6. The molecule has 3 rings (SSSR count). The van der Waals surface area contributed by atoms with Gasteiger partial charge in [0.25, 0.3) is 11.8 Å². The lowest BCUT2D eigenvalue weighted by atomic mass is 9.91. The summed E-state index contributed by atoms with van der Waals surface area (Å²) in [4.78, 5) is 35.0. The number of hydrogen-bond acceptors (Lipinski definition) is 5. The van der Waals surface area contributed by atoms with E-state index in [1.807, 2.05) is 13.0 Å². The van der Waals surface area contributed by atoms with Crippen LogP contribution in [0.1, 0.15) is 33.0 Å². The number of aliphatic hydroxyl groups excluding tert-OH is 1. The molecule has 26 heavy (non-hydrogen) atoms. The summed E-state index contributed by atoms with van der Waals surface area (Å²) < 4.78 is 0. The van der Waals surface area contributed by atoms with Crippen molar-refractivity contribution in [1.82, 2.24) is 20.2 Å². The molecule has 1 aliphatic rings. The lowest BCUT2D eigenvalue weighted by molar-refractivity contribution is 0.0536. The number of nitrogens with zero attached hydrogens (tertiary/aromatic N) is 3. The number of piperidine rings is 1. The second-order valence-electron chi connectivity index (χ2n) is 6.47. The number of amides is 2. The highest BCUT2D eigenvalue weighted by Crippen LogP contribution is 2.19. The molecule has 2 N–H and O–H groups in total. The van der Waals surface area contributed by atoms with Gasteiger partial charge in [0.2, 0.25) is 0 Å². The number of aromatic nitrogens is 2. The summed E-state index contributed by atoms with van der Waals surface area (Å²) in [5.74, 6) is -0.512. The Morgan fingerprint density at radius 2 is 2.00 bits per heavy atom. The van der Waals surface area contributed by atoms with Crippen molar-refractivity contribution in [1.29, 1.82) is 0 Å². The maximum absolute atomic E-state index is 12.7. The first-order valence-corrected chi connectivity index (χ1v) is 8.63. The maximum Gasteiger partial charge on any atom is 0.274 e. The highest BCUT2D eigenvalue weighted by molar-refractivity contribution is 5.94. The SMILES string of the molecule is Cc1cnc(C(=O)N2CC[C@H](CO)[C@H](NC(=O)c3ccccc3)C2)cn1. The molecule has 0 spiro atoms. The monoisotopic (exact) mass is 354 g/mol. The number of benzene rings is 1. The van der Waals surface area contributed by atoms with Gasteiger partial charge in [-0.3, -0.25) is 14.6 Å². The molecular formula is C19H22N4O3. The summed E-state index contributed by atoms with van der Waals surface area (Å²) in [5.41, 5.74) is 1.58. The average molecular weight is 354 g/mol. The molecule has 0 aliphatic carbocycles. The van der Waals surface area contributed by atoms with E-state index in [1.165, 1.54) is 6.20 Å². The van der Waals surface area contributed by atoms with E-state index in [2.05, 4.69) is 15.3 Å². The summed E-state index contributed by atoms with van der Waals surface area (Å²) in [7, 11) is 0. The molecule has 0 radical (unpaired) electrons. The number of carbonyl (C=O) groups is 2. The van der Waals surface area contributed by atoms with Crippen LogP contribution < -0.4 is 5.32 Å². The largest absolute Gasteiger partial charge is 0.396 e. The minimum atomic E-state index is -0.316. The molecule has 0 saturated carbocycles. The Labute approximate surface area is 152 Å². The molecule has 2 amide bonds. The van der Waals surface area contributed by atoms with Gasteiger partial charge in [0.05, 0.1) is 17.9 Å². The van der Waals surface area contributed by atoms with Gasteiger partial charge in [-0.25, -0.2) is 4.98 Å². The van der Waals surface area contributed by atoms with E-state index in [1.54, 1.807) is 35.4 Å². The fourth-order valence-electron chi connectivity index (χ4n) is 3.07. The van der Waals surface area contributed by atoms with E-state index in [0.29, 0.717) is 25.1 Å². The Morgan fingerprint density at radius 1 is 1.23 bits per heavy atom. The number of carbonyl (C=O) groups excluding carboxylic acids is 2. The van der Waals surface area contributed by atoms with Crippen LogP contribution in [0.4, 0.5) is 0 Å². The molecule has 2 atom stereocenters. The standard InChI is InChI=1S/C19H22N4O3/c1-13-9-21-16(10-20-13)19(26)23-8-7-15(12-24)17(11-23)22-18(25)14-5-3-2-4-6-14/h2-6,9-10,15,17,24H,7-8,11-12H2,1H3,(H,22,25)/t15-,17-/m1/s1. The van der Waals surface area contributed by atoms with Gasteiger partial charge in [-0.2, -0.15) is 0 Å². The van der Waals surface area contributed by atoms with Crippen molar-refractivity contribution in [3.63, 3.8) is 0 Å². The first kappa shape index (κ1) is 18.0. The fraction of sp³-hybridized carbons (Fsp3) is 0.368. The maximum atomic E-state index is 12.7. The van der Waals surface area contributed by atoms with Gasteiger partial charge >= 0.3 is 0 Å². The van der Waals surface area contributed by atoms with Crippen molar-refractivity contribution in [2.24, 2.45) is 5.92 Å². The Bertz CT molecular complexity index is 764. The molecule has 2 heterocycles. The summed E-state index contributed by atoms with van der Waals surface area (Å²) >= 11 is 0. The van der Waals surface area contributed by atoms with Crippen molar-refractivity contribution in [2.75, 3.05) is 19.7 Å². The Hall–Kier alpha value is -2.80. The van der Waals surface area contributed by atoms with Gasteiger partial charge in [-0.05, 0) is 25.5 Å². The van der Waals surface area contributed by atoms with Crippen molar-refractivity contribution in [3.05, 3.63) is 59.7 Å². The van der Waals surface area contributed by atoms with E-state index in [-0.39, 0.29) is 36.1 Å². The third-order valence-electron chi connectivity index (χ3n) is 4.63. The Kier molecular flexibility index (Phi) is 5.58. The van der Waals surface area contributed by atoms with Crippen LogP contribution in [0.3, 0.4) is 0 Å². The first-order valence-electron chi connectivity index (χ1n) is 8.63. The van der Waals surface area contributed by atoms with Crippen molar-refractivity contribution in [3.8, 4) is 0 Å². The topological polar surface area (TPSA) is 95.4 Å². The highest BCUT2D eigenvalue weighted by Gasteiger charge is 2.33. The van der Waals surface area contributed by atoms with E-state index in [0.717, 1.165) is 5.69 Å². The number of nitrogens with one attached hydrogen (secondary N) is 1. The fourth-order valence-corrected chi connectivity index (χ4v) is 3.07. The van der Waals surface area contributed by atoms with E-state index in [9.17, 15) is 14.7 Å². The third kappa shape index (κ3) is 4.05. The average Bonchev–Trinajstić information content (AvgIpc) is 2.68. The lowest BCUT2D eigenvalue weighted by Gasteiger charge is -2.38. The van der Waals surface area contributed by atoms with Crippen LogP contribution in [0, 0.1) is 12.8 Å². The van der Waals surface area contributed by atoms with E-state index < -0.39 is 0 Å². The summed E-state index contributed by atoms with van der Waals surface area (Å²) in [6, 6.07) is 8.59. The van der Waals surface area contributed by atoms with Gasteiger partial charge in [0.1, 0.15) is 5.69 Å². The molecule has 0 bridgehead atoms. The lowest BCUT2D eigenvalue weighted by Crippen LogP contribution is -2.55. The number of aryl methyl sites for hydroxylation is 1. The van der Waals surface area contributed by atoms with Crippen LogP contribution in [0.15, 0.2) is 42.7 Å². The predicted molar refractivity (Wildman–Crippen MR) is 95.6 cm³/mol. The third-order valence-corrected chi connectivity index (χ3v) is 4.63. The molecule has 1 aromatic heterocycles. The van der Waals surface area contributed by atoms with Crippen LogP contribution in [-0.2, 0) is 0 Å². The summed E-state index contributed by atoms with van der Waals surface area (Å²) in [5, 5.41) is 12.6. The Morgan fingerprint density at radius 3 is 2.65 bits per heavy atom. The van der Waals surface area contributed by atoms with Crippen molar-refractivity contribution in [2.45, 2.75) is 19.4 Å². The zero-order valence-corrected chi connectivity index (χ0v) is 14.6. The second-order valence-corrected chi connectivity index (χ2v) is 6.47. The predicted octanol–water partition coefficient (Wildman–Crippen LogP) is 1.04. The molecule has 0 unspecified atom stereocenters. The molecule has 2 aromatic rings. The van der Waals surface area contributed by atoms with Gasteiger partial charge < -0.3 is 15.3 Å². The zero-order valence-electron chi connectivity index (χ0n) is 14.6. The minimum Gasteiger partial charge on any atom is -0.396 e. The molecular weight excluding hydrogens is 332 g/mol. The van der Waals surface area contributed by atoms with Crippen LogP contribution >= 0.6 is 0 Å². The molecule has 1 fully saturated rings. The number of hydrogen-bond donors (Lipinski definition) is 2. The summed E-state index contributed by atoms with van der Waals surface area (Å²) in [6.07, 6.45) is 3.64. The zero-order chi connectivity index (χ0) is 18.5. The molecule has 1 aromatic carbocycles. The van der Waals surface area contributed by atoms with Crippen LogP contribution in [-0.4, -0.2) is 57.5 Å². The van der Waals surface area contributed by atoms with Gasteiger partial charge in [0, 0.05) is 37.4 Å². The number of aliphatic hydroxyl groups is 1. The van der Waals surface area contributed by atoms with Crippen LogP contribution in [0.25, 0.3) is 0 Å². The number of rotatable bonds is 4. The summed E-state index contributed by atoms with van der Waals surface area (Å²) in [6.45, 7) is 2.62. The smallest absolute Gasteiger partial charge is 0.274 e. The van der Waals surface area contributed by atoms with E-state index >= 15 is 0 Å². The van der Waals surface area contributed by atoms with Gasteiger partial charge in [-0.15, -0.1) is 0 Å². The highest BCUT2D eigenvalue weighted by atomic mass is 16.3.